The van der Waals surface area contributed by atoms with Crippen molar-refractivity contribution in [1.82, 2.24) is 4.31 Å². The number of carbonyl (C=O) groups excluding carboxylic acids is 1. The zero-order chi connectivity index (χ0) is 20.0. The van der Waals surface area contributed by atoms with E-state index in [1.807, 2.05) is 0 Å². The number of rotatable bonds is 7. The SMILES string of the molecule is COc1ccc(C=CC(=O)Nc2cccc(S(=O)(=O)N(C)C)c2)c(OC)c1. The monoisotopic (exact) mass is 390 g/mol. The summed E-state index contributed by atoms with van der Waals surface area (Å²) in [5.74, 6) is 0.817. The molecule has 1 N–H and O–H groups in total. The Bertz CT molecular complexity index is 952. The van der Waals surface area contributed by atoms with Gasteiger partial charge in [0.25, 0.3) is 0 Å². The number of carbonyl (C=O) groups is 1. The van der Waals surface area contributed by atoms with Crippen LogP contribution in [0.1, 0.15) is 5.56 Å². The standard InChI is InChI=1S/C19H22N2O5S/c1-21(2)27(23,24)17-7-5-6-15(12-17)20-19(22)11-9-14-8-10-16(25-3)13-18(14)26-4/h5-13H,1-4H3,(H,20,22). The topological polar surface area (TPSA) is 84.9 Å². The molecule has 0 unspecified atom stereocenters. The zero-order valence-corrected chi connectivity index (χ0v) is 16.4. The fourth-order valence-corrected chi connectivity index (χ4v) is 3.20. The first-order valence-electron chi connectivity index (χ1n) is 8.01. The van der Waals surface area contributed by atoms with Crippen molar-refractivity contribution in [1.29, 1.82) is 0 Å². The quantitative estimate of drug-likeness (QED) is 0.735. The highest BCUT2D eigenvalue weighted by Crippen LogP contribution is 2.25. The molecule has 0 fully saturated rings. The predicted octanol–water partition coefficient (Wildman–Crippen LogP) is 2.61. The molecule has 2 aromatic carbocycles. The minimum atomic E-state index is -3.57. The van der Waals surface area contributed by atoms with Gasteiger partial charge in [-0.05, 0) is 36.4 Å². The van der Waals surface area contributed by atoms with Gasteiger partial charge in [0, 0.05) is 37.5 Å². The van der Waals surface area contributed by atoms with Crippen LogP contribution in [0.3, 0.4) is 0 Å². The van der Waals surface area contributed by atoms with Crippen molar-refractivity contribution in [2.75, 3.05) is 33.6 Å². The van der Waals surface area contributed by atoms with Gasteiger partial charge in [-0.2, -0.15) is 0 Å². The van der Waals surface area contributed by atoms with Crippen LogP contribution in [0.25, 0.3) is 6.08 Å². The van der Waals surface area contributed by atoms with Gasteiger partial charge in [-0.15, -0.1) is 0 Å². The van der Waals surface area contributed by atoms with Crippen molar-refractivity contribution in [2.45, 2.75) is 4.90 Å². The lowest BCUT2D eigenvalue weighted by atomic mass is 10.1. The third-order valence-corrected chi connectivity index (χ3v) is 5.55. The van der Waals surface area contributed by atoms with Crippen molar-refractivity contribution in [2.24, 2.45) is 0 Å². The number of amides is 1. The number of nitrogens with one attached hydrogen (secondary N) is 1. The number of ether oxygens (including phenoxy) is 2. The van der Waals surface area contributed by atoms with E-state index < -0.39 is 15.9 Å². The van der Waals surface area contributed by atoms with Gasteiger partial charge in [-0.3, -0.25) is 4.79 Å². The van der Waals surface area contributed by atoms with Crippen LogP contribution in [-0.2, 0) is 14.8 Å². The Hall–Kier alpha value is -2.84. The summed E-state index contributed by atoms with van der Waals surface area (Å²) < 4.78 is 35.9. The number of benzene rings is 2. The number of anilines is 1. The van der Waals surface area contributed by atoms with Crippen LogP contribution < -0.4 is 14.8 Å². The van der Waals surface area contributed by atoms with E-state index in [1.165, 1.54) is 39.4 Å². The van der Waals surface area contributed by atoms with Crippen molar-refractivity contribution in [3.63, 3.8) is 0 Å². The van der Waals surface area contributed by atoms with Gasteiger partial charge in [-0.25, -0.2) is 12.7 Å². The maximum absolute atomic E-state index is 12.2. The average Bonchev–Trinajstić information content (AvgIpc) is 2.66. The highest BCUT2D eigenvalue weighted by atomic mass is 32.2. The van der Waals surface area contributed by atoms with Crippen molar-refractivity contribution in [3.05, 3.63) is 54.1 Å². The third kappa shape index (κ3) is 5.08. The minimum Gasteiger partial charge on any atom is -0.497 e. The summed E-state index contributed by atoms with van der Waals surface area (Å²) >= 11 is 0. The molecule has 0 saturated carbocycles. The number of sulfonamides is 1. The lowest BCUT2D eigenvalue weighted by Gasteiger charge is -2.12. The van der Waals surface area contributed by atoms with Crippen molar-refractivity contribution >= 4 is 27.7 Å². The first kappa shape index (κ1) is 20.5. The second-order valence-electron chi connectivity index (χ2n) is 5.75. The molecule has 8 heteroatoms. The van der Waals surface area contributed by atoms with E-state index in [4.69, 9.17) is 9.47 Å². The van der Waals surface area contributed by atoms with E-state index in [1.54, 1.807) is 43.5 Å². The first-order chi connectivity index (χ1) is 12.8. The van der Waals surface area contributed by atoms with Crippen molar-refractivity contribution in [3.8, 4) is 11.5 Å². The molecule has 0 spiro atoms. The molecule has 0 saturated heterocycles. The molecular weight excluding hydrogens is 368 g/mol. The minimum absolute atomic E-state index is 0.103. The molecule has 2 aromatic rings. The van der Waals surface area contributed by atoms with Crippen molar-refractivity contribution < 1.29 is 22.7 Å². The molecule has 0 aliphatic heterocycles. The van der Waals surface area contributed by atoms with E-state index in [0.717, 1.165) is 4.31 Å². The molecule has 144 valence electrons. The summed E-state index contributed by atoms with van der Waals surface area (Å²) in [5.41, 5.74) is 1.09. The van der Waals surface area contributed by atoms with E-state index in [0.29, 0.717) is 22.7 Å². The Morgan fingerprint density at radius 1 is 1.07 bits per heavy atom. The molecule has 0 aliphatic carbocycles. The highest BCUT2D eigenvalue weighted by molar-refractivity contribution is 7.89. The molecule has 0 aromatic heterocycles. The van der Waals surface area contributed by atoms with Gasteiger partial charge in [0.2, 0.25) is 15.9 Å². The first-order valence-corrected chi connectivity index (χ1v) is 9.45. The Balaban J connectivity index is 2.16. The molecule has 0 aliphatic rings. The smallest absolute Gasteiger partial charge is 0.248 e. The van der Waals surface area contributed by atoms with Gasteiger partial charge in [0.15, 0.2) is 0 Å². The predicted molar refractivity (Wildman–Crippen MR) is 105 cm³/mol. The molecule has 7 nitrogen and oxygen atoms in total. The lowest BCUT2D eigenvalue weighted by Crippen LogP contribution is -2.22. The Kier molecular flexibility index (Phi) is 6.59. The van der Waals surface area contributed by atoms with Gasteiger partial charge in [-0.1, -0.05) is 6.07 Å². The second-order valence-corrected chi connectivity index (χ2v) is 7.90. The Labute approximate surface area is 159 Å². The largest absolute Gasteiger partial charge is 0.497 e. The molecule has 2 rings (SSSR count). The Morgan fingerprint density at radius 3 is 2.44 bits per heavy atom. The fourth-order valence-electron chi connectivity index (χ4n) is 2.25. The van der Waals surface area contributed by atoms with Crippen LogP contribution >= 0.6 is 0 Å². The maximum atomic E-state index is 12.2. The van der Waals surface area contributed by atoms with Crippen LogP contribution in [0.2, 0.25) is 0 Å². The summed E-state index contributed by atoms with van der Waals surface area (Å²) in [6, 6.07) is 11.3. The molecular formula is C19H22N2O5S. The third-order valence-electron chi connectivity index (χ3n) is 3.74. The number of hydrogen-bond acceptors (Lipinski definition) is 5. The number of nitrogens with zero attached hydrogens (tertiary/aromatic N) is 1. The normalized spacial score (nSPS) is 11.6. The van der Waals surface area contributed by atoms with E-state index in [2.05, 4.69) is 5.32 Å². The van der Waals surface area contributed by atoms with Gasteiger partial charge in [0.1, 0.15) is 11.5 Å². The molecule has 1 amide bonds. The summed E-state index contributed by atoms with van der Waals surface area (Å²) in [6.07, 6.45) is 2.95. The van der Waals surface area contributed by atoms with Gasteiger partial charge < -0.3 is 14.8 Å². The summed E-state index contributed by atoms with van der Waals surface area (Å²) in [5, 5.41) is 2.65. The summed E-state index contributed by atoms with van der Waals surface area (Å²) in [7, 11) is 2.42. The molecule has 0 bridgehead atoms. The highest BCUT2D eigenvalue weighted by Gasteiger charge is 2.17. The van der Waals surface area contributed by atoms with Crippen LogP contribution in [0.5, 0.6) is 11.5 Å². The average molecular weight is 390 g/mol. The Morgan fingerprint density at radius 2 is 1.81 bits per heavy atom. The van der Waals surface area contributed by atoms with Crippen LogP contribution in [0.15, 0.2) is 53.4 Å². The van der Waals surface area contributed by atoms with Gasteiger partial charge >= 0.3 is 0 Å². The number of methoxy groups -OCH3 is 2. The van der Waals surface area contributed by atoms with E-state index >= 15 is 0 Å². The molecule has 0 heterocycles. The zero-order valence-electron chi connectivity index (χ0n) is 15.6. The van der Waals surface area contributed by atoms with E-state index in [9.17, 15) is 13.2 Å². The van der Waals surface area contributed by atoms with Crippen LogP contribution in [0.4, 0.5) is 5.69 Å². The summed E-state index contributed by atoms with van der Waals surface area (Å²) in [6.45, 7) is 0. The lowest BCUT2D eigenvalue weighted by molar-refractivity contribution is -0.111. The van der Waals surface area contributed by atoms with Crippen LogP contribution in [0, 0.1) is 0 Å². The van der Waals surface area contributed by atoms with Gasteiger partial charge in [0.05, 0.1) is 19.1 Å². The fraction of sp³-hybridized carbons (Fsp3) is 0.211. The van der Waals surface area contributed by atoms with Crippen LogP contribution in [-0.4, -0.2) is 46.9 Å². The molecule has 0 atom stereocenters. The molecule has 0 radical (unpaired) electrons. The molecule has 27 heavy (non-hydrogen) atoms. The number of hydrogen-bond donors (Lipinski definition) is 1. The maximum Gasteiger partial charge on any atom is 0.248 e. The second kappa shape index (κ2) is 8.70. The summed E-state index contributed by atoms with van der Waals surface area (Å²) in [4.78, 5) is 12.3. The van der Waals surface area contributed by atoms with E-state index in [-0.39, 0.29) is 4.90 Å².